The highest BCUT2D eigenvalue weighted by molar-refractivity contribution is 5.40. The van der Waals surface area contributed by atoms with Crippen molar-refractivity contribution >= 4 is 5.82 Å². The number of β-amino-alcohol motifs (C(OH)–C–C–N with tert-alkyl or cyclic N) is 1. The molecule has 1 atom stereocenters. The lowest BCUT2D eigenvalue weighted by atomic mass is 10.1. The number of hydrogen-bond acceptors (Lipinski definition) is 4. The fourth-order valence-electron chi connectivity index (χ4n) is 1.80. The van der Waals surface area contributed by atoms with Crippen LogP contribution < -0.4 is 4.90 Å². The third kappa shape index (κ3) is 2.26. The zero-order chi connectivity index (χ0) is 10.8. The molecule has 1 N–H and O–H groups in total. The van der Waals surface area contributed by atoms with Gasteiger partial charge in [-0.1, -0.05) is 13.8 Å². The largest absolute Gasteiger partial charge is 0.391 e. The maximum Gasteiger partial charge on any atom is 0.132 e. The first kappa shape index (κ1) is 10.4. The lowest BCUT2D eigenvalue weighted by molar-refractivity contribution is 0.198. The van der Waals surface area contributed by atoms with Gasteiger partial charge in [0.15, 0.2) is 0 Å². The van der Waals surface area contributed by atoms with Crippen LogP contribution in [0.25, 0.3) is 0 Å². The highest BCUT2D eigenvalue weighted by Gasteiger charge is 2.21. The Morgan fingerprint density at radius 3 is 2.87 bits per heavy atom. The second-order valence-electron chi connectivity index (χ2n) is 4.34. The van der Waals surface area contributed by atoms with E-state index in [4.69, 9.17) is 0 Å². The van der Waals surface area contributed by atoms with E-state index in [9.17, 15) is 5.11 Å². The maximum absolute atomic E-state index is 9.45. The standard InChI is InChI=1S/C11H17N3O/c1-8(2)10-5-11(13-7-12-10)14-4-3-9(15)6-14/h5,7-9,15H,3-4,6H2,1-2H3. The van der Waals surface area contributed by atoms with E-state index in [0.717, 1.165) is 24.5 Å². The van der Waals surface area contributed by atoms with Crippen LogP contribution in [0.4, 0.5) is 5.82 Å². The van der Waals surface area contributed by atoms with Crippen molar-refractivity contribution in [3.05, 3.63) is 18.1 Å². The molecule has 0 amide bonds. The average Bonchev–Trinajstić information content (AvgIpc) is 2.65. The topological polar surface area (TPSA) is 49.2 Å². The molecule has 1 aliphatic rings. The smallest absolute Gasteiger partial charge is 0.132 e. The maximum atomic E-state index is 9.45. The molecule has 1 aliphatic heterocycles. The van der Waals surface area contributed by atoms with Gasteiger partial charge in [0.05, 0.1) is 6.10 Å². The second kappa shape index (κ2) is 4.14. The van der Waals surface area contributed by atoms with E-state index in [1.54, 1.807) is 6.33 Å². The minimum atomic E-state index is -0.206. The van der Waals surface area contributed by atoms with Gasteiger partial charge in [-0.2, -0.15) is 0 Å². The molecule has 1 aromatic rings. The van der Waals surface area contributed by atoms with Crippen molar-refractivity contribution in [3.8, 4) is 0 Å². The highest BCUT2D eigenvalue weighted by Crippen LogP contribution is 2.20. The monoisotopic (exact) mass is 207 g/mol. The summed E-state index contributed by atoms with van der Waals surface area (Å²) in [5.41, 5.74) is 1.06. The van der Waals surface area contributed by atoms with E-state index >= 15 is 0 Å². The van der Waals surface area contributed by atoms with Gasteiger partial charge in [0.2, 0.25) is 0 Å². The molecule has 0 saturated carbocycles. The molecule has 2 heterocycles. The molecule has 0 radical (unpaired) electrons. The fraction of sp³-hybridized carbons (Fsp3) is 0.636. The molecule has 15 heavy (non-hydrogen) atoms. The Kier molecular flexibility index (Phi) is 2.86. The van der Waals surface area contributed by atoms with Gasteiger partial charge in [-0.3, -0.25) is 0 Å². The summed E-state index contributed by atoms with van der Waals surface area (Å²) in [4.78, 5) is 10.6. The van der Waals surface area contributed by atoms with Gasteiger partial charge < -0.3 is 10.0 Å². The Labute approximate surface area is 90.0 Å². The number of anilines is 1. The van der Waals surface area contributed by atoms with Gasteiger partial charge in [0.1, 0.15) is 12.1 Å². The van der Waals surface area contributed by atoms with Crippen molar-refractivity contribution in [2.24, 2.45) is 0 Å². The van der Waals surface area contributed by atoms with Crippen molar-refractivity contribution in [2.45, 2.75) is 32.3 Å². The molecule has 82 valence electrons. The van der Waals surface area contributed by atoms with Gasteiger partial charge in [0, 0.05) is 24.8 Å². The Morgan fingerprint density at radius 2 is 2.27 bits per heavy atom. The third-order valence-electron chi connectivity index (χ3n) is 2.75. The van der Waals surface area contributed by atoms with Crippen molar-refractivity contribution in [2.75, 3.05) is 18.0 Å². The molecule has 4 heteroatoms. The van der Waals surface area contributed by atoms with E-state index in [0.29, 0.717) is 12.5 Å². The van der Waals surface area contributed by atoms with E-state index < -0.39 is 0 Å². The van der Waals surface area contributed by atoms with Crippen LogP contribution in [0.15, 0.2) is 12.4 Å². The average molecular weight is 207 g/mol. The normalized spacial score (nSPS) is 21.3. The van der Waals surface area contributed by atoms with Crippen LogP contribution in [0.3, 0.4) is 0 Å². The number of aromatic nitrogens is 2. The predicted molar refractivity (Wildman–Crippen MR) is 59.0 cm³/mol. The molecule has 2 rings (SSSR count). The first-order valence-corrected chi connectivity index (χ1v) is 5.42. The van der Waals surface area contributed by atoms with E-state index in [1.165, 1.54) is 0 Å². The predicted octanol–water partition coefficient (Wildman–Crippen LogP) is 1.17. The second-order valence-corrected chi connectivity index (χ2v) is 4.34. The first-order valence-electron chi connectivity index (χ1n) is 5.42. The summed E-state index contributed by atoms with van der Waals surface area (Å²) in [6.45, 7) is 5.81. The minimum absolute atomic E-state index is 0.206. The first-order chi connectivity index (χ1) is 7.16. The molecule has 1 fully saturated rings. The van der Waals surface area contributed by atoms with Crippen molar-refractivity contribution in [1.82, 2.24) is 9.97 Å². The van der Waals surface area contributed by atoms with Crippen LogP contribution in [0.2, 0.25) is 0 Å². The summed E-state index contributed by atoms with van der Waals surface area (Å²) in [6, 6.07) is 2.02. The SMILES string of the molecule is CC(C)c1cc(N2CCC(O)C2)ncn1. The lowest BCUT2D eigenvalue weighted by Crippen LogP contribution is -2.22. The van der Waals surface area contributed by atoms with E-state index in [2.05, 4.69) is 28.7 Å². The van der Waals surface area contributed by atoms with Crippen LogP contribution >= 0.6 is 0 Å². The number of aliphatic hydroxyl groups is 1. The summed E-state index contributed by atoms with van der Waals surface area (Å²) in [5.74, 6) is 1.35. The van der Waals surface area contributed by atoms with Crippen LogP contribution in [-0.2, 0) is 0 Å². The van der Waals surface area contributed by atoms with Gasteiger partial charge in [-0.05, 0) is 12.3 Å². The number of hydrogen-bond donors (Lipinski definition) is 1. The molecular formula is C11H17N3O. The van der Waals surface area contributed by atoms with Crippen LogP contribution in [0, 0.1) is 0 Å². The van der Waals surface area contributed by atoms with Gasteiger partial charge in [-0.25, -0.2) is 9.97 Å². The zero-order valence-corrected chi connectivity index (χ0v) is 9.22. The Bertz CT molecular complexity index is 340. The Morgan fingerprint density at radius 1 is 1.47 bits per heavy atom. The summed E-state index contributed by atoms with van der Waals surface area (Å²) in [6.07, 6.45) is 2.23. The molecule has 0 spiro atoms. The summed E-state index contributed by atoms with van der Waals surface area (Å²) >= 11 is 0. The van der Waals surface area contributed by atoms with Crippen LogP contribution in [0.5, 0.6) is 0 Å². The molecule has 1 aromatic heterocycles. The zero-order valence-electron chi connectivity index (χ0n) is 9.22. The molecule has 1 unspecified atom stereocenters. The molecule has 0 bridgehead atoms. The molecule has 1 saturated heterocycles. The Balaban J connectivity index is 2.18. The number of nitrogens with zero attached hydrogens (tertiary/aromatic N) is 3. The van der Waals surface area contributed by atoms with Crippen molar-refractivity contribution < 1.29 is 5.11 Å². The van der Waals surface area contributed by atoms with E-state index in [-0.39, 0.29) is 6.10 Å². The fourth-order valence-corrected chi connectivity index (χ4v) is 1.80. The molecule has 0 aromatic carbocycles. The van der Waals surface area contributed by atoms with Gasteiger partial charge in [0.25, 0.3) is 0 Å². The highest BCUT2D eigenvalue weighted by atomic mass is 16.3. The van der Waals surface area contributed by atoms with Crippen LogP contribution in [0.1, 0.15) is 31.9 Å². The number of rotatable bonds is 2. The van der Waals surface area contributed by atoms with E-state index in [1.807, 2.05) is 6.07 Å². The number of aliphatic hydroxyl groups excluding tert-OH is 1. The molecule has 4 nitrogen and oxygen atoms in total. The molecule has 0 aliphatic carbocycles. The van der Waals surface area contributed by atoms with Crippen LogP contribution in [-0.4, -0.2) is 34.3 Å². The van der Waals surface area contributed by atoms with Crippen molar-refractivity contribution in [1.29, 1.82) is 0 Å². The molecular weight excluding hydrogens is 190 g/mol. The Hall–Kier alpha value is -1.16. The summed E-state index contributed by atoms with van der Waals surface area (Å²) < 4.78 is 0. The quantitative estimate of drug-likeness (QED) is 0.791. The van der Waals surface area contributed by atoms with Crippen molar-refractivity contribution in [3.63, 3.8) is 0 Å². The van der Waals surface area contributed by atoms with Gasteiger partial charge >= 0.3 is 0 Å². The summed E-state index contributed by atoms with van der Waals surface area (Å²) in [7, 11) is 0. The van der Waals surface area contributed by atoms with Gasteiger partial charge in [-0.15, -0.1) is 0 Å². The minimum Gasteiger partial charge on any atom is -0.391 e. The summed E-state index contributed by atoms with van der Waals surface area (Å²) in [5, 5.41) is 9.45. The third-order valence-corrected chi connectivity index (χ3v) is 2.75. The lowest BCUT2D eigenvalue weighted by Gasteiger charge is -2.17.